The molecule has 1 aromatic carbocycles. The number of hydrogen-bond donors (Lipinski definition) is 1. The van der Waals surface area contributed by atoms with Crippen molar-refractivity contribution in [2.45, 2.75) is 31.8 Å². The number of aliphatic hydroxyl groups excluding tert-OH is 1. The molecular weight excluding hydrogens is 236 g/mol. The van der Waals surface area contributed by atoms with Crippen molar-refractivity contribution < 1.29 is 13.5 Å². The molecule has 0 bridgehead atoms. The van der Waals surface area contributed by atoms with Crippen LogP contribution in [0.4, 0.5) is 0 Å². The molecule has 0 fully saturated rings. The Labute approximate surface area is 102 Å². The van der Waals surface area contributed by atoms with E-state index >= 15 is 0 Å². The number of benzene rings is 1. The van der Waals surface area contributed by atoms with Crippen LogP contribution in [0.2, 0.25) is 0 Å². The van der Waals surface area contributed by atoms with E-state index in [-0.39, 0.29) is 5.75 Å². The molecule has 3 nitrogen and oxygen atoms in total. The smallest absolute Gasteiger partial charge is 0.150 e. The van der Waals surface area contributed by atoms with Gasteiger partial charge in [-0.25, -0.2) is 8.42 Å². The van der Waals surface area contributed by atoms with Gasteiger partial charge in [0.2, 0.25) is 0 Å². The highest BCUT2D eigenvalue weighted by atomic mass is 32.2. The lowest BCUT2D eigenvalue weighted by atomic mass is 9.90. The van der Waals surface area contributed by atoms with Gasteiger partial charge < -0.3 is 5.11 Å². The van der Waals surface area contributed by atoms with E-state index in [1.807, 2.05) is 18.2 Å². The van der Waals surface area contributed by atoms with Gasteiger partial charge >= 0.3 is 0 Å². The third-order valence-electron chi connectivity index (χ3n) is 3.22. The minimum atomic E-state index is -3.14. The summed E-state index contributed by atoms with van der Waals surface area (Å²) in [6, 6.07) is 5.83. The van der Waals surface area contributed by atoms with Crippen LogP contribution < -0.4 is 0 Å². The van der Waals surface area contributed by atoms with Gasteiger partial charge in [-0.2, -0.15) is 0 Å². The van der Waals surface area contributed by atoms with Gasteiger partial charge in [0.15, 0.2) is 0 Å². The Balaban J connectivity index is 2.22. The summed E-state index contributed by atoms with van der Waals surface area (Å²) >= 11 is 0. The Morgan fingerprint density at radius 1 is 1.24 bits per heavy atom. The molecule has 1 aromatic rings. The maximum atomic E-state index is 11.1. The van der Waals surface area contributed by atoms with Crippen LogP contribution in [-0.4, -0.2) is 25.5 Å². The van der Waals surface area contributed by atoms with Gasteiger partial charge in [-0.3, -0.25) is 0 Å². The lowest BCUT2D eigenvalue weighted by Gasteiger charge is -2.18. The van der Waals surface area contributed by atoms with Crippen molar-refractivity contribution in [3.63, 3.8) is 0 Å². The first-order chi connectivity index (χ1) is 7.96. The van der Waals surface area contributed by atoms with Gasteiger partial charge in [0.1, 0.15) is 9.84 Å². The second-order valence-electron chi connectivity index (χ2n) is 4.84. The Kier molecular flexibility index (Phi) is 3.54. The second kappa shape index (κ2) is 4.78. The minimum absolute atomic E-state index is 0.203. The first-order valence-corrected chi connectivity index (χ1v) is 7.99. The molecule has 1 aliphatic rings. The van der Waals surface area contributed by atoms with Gasteiger partial charge in [0, 0.05) is 6.26 Å². The molecule has 0 aliphatic heterocycles. The Morgan fingerprint density at radius 3 is 2.53 bits per heavy atom. The normalized spacial score (nSPS) is 17.5. The van der Waals surface area contributed by atoms with E-state index in [1.54, 1.807) is 0 Å². The van der Waals surface area contributed by atoms with Crippen LogP contribution in [0.3, 0.4) is 0 Å². The monoisotopic (exact) mass is 254 g/mol. The van der Waals surface area contributed by atoms with Crippen LogP contribution in [0.1, 0.15) is 35.6 Å². The summed E-state index contributed by atoms with van der Waals surface area (Å²) in [5.74, 6) is -0.203. The maximum Gasteiger partial charge on any atom is 0.150 e. The van der Waals surface area contributed by atoms with E-state index in [4.69, 9.17) is 0 Å². The molecule has 0 spiro atoms. The van der Waals surface area contributed by atoms with Crippen molar-refractivity contribution in [1.82, 2.24) is 0 Å². The van der Waals surface area contributed by atoms with E-state index in [1.165, 1.54) is 24.0 Å². The van der Waals surface area contributed by atoms with Gasteiger partial charge in [0.05, 0.1) is 11.9 Å². The van der Waals surface area contributed by atoms with Crippen molar-refractivity contribution in [2.24, 2.45) is 0 Å². The van der Waals surface area contributed by atoms with Gasteiger partial charge in [-0.1, -0.05) is 18.2 Å². The zero-order valence-electron chi connectivity index (χ0n) is 10.0. The van der Waals surface area contributed by atoms with Crippen molar-refractivity contribution in [2.75, 3.05) is 12.0 Å². The molecule has 94 valence electrons. The first-order valence-electron chi connectivity index (χ1n) is 5.93. The SMILES string of the molecule is CS(=O)(=O)CC(O)c1ccc2c(c1)CCCC2. The molecule has 1 atom stereocenters. The molecule has 0 heterocycles. The largest absolute Gasteiger partial charge is 0.387 e. The molecule has 1 unspecified atom stereocenters. The van der Waals surface area contributed by atoms with Crippen LogP contribution in [0.25, 0.3) is 0 Å². The Bertz CT molecular complexity index is 505. The van der Waals surface area contributed by atoms with E-state index in [2.05, 4.69) is 0 Å². The van der Waals surface area contributed by atoms with Crippen molar-refractivity contribution in [3.05, 3.63) is 34.9 Å². The fraction of sp³-hybridized carbons (Fsp3) is 0.538. The summed E-state index contributed by atoms with van der Waals surface area (Å²) in [5, 5.41) is 9.88. The Hall–Kier alpha value is -0.870. The predicted molar refractivity (Wildman–Crippen MR) is 67.8 cm³/mol. The van der Waals surface area contributed by atoms with Crippen LogP contribution in [0.5, 0.6) is 0 Å². The third-order valence-corrected chi connectivity index (χ3v) is 4.14. The van der Waals surface area contributed by atoms with Crippen molar-refractivity contribution in [1.29, 1.82) is 0 Å². The quantitative estimate of drug-likeness (QED) is 0.892. The zero-order valence-corrected chi connectivity index (χ0v) is 10.8. The summed E-state index contributed by atoms with van der Waals surface area (Å²) in [5.41, 5.74) is 3.32. The van der Waals surface area contributed by atoms with E-state index in [0.29, 0.717) is 0 Å². The molecule has 1 N–H and O–H groups in total. The number of aryl methyl sites for hydroxylation is 2. The number of sulfone groups is 1. The van der Waals surface area contributed by atoms with Crippen molar-refractivity contribution in [3.8, 4) is 0 Å². The minimum Gasteiger partial charge on any atom is -0.387 e. The summed E-state index contributed by atoms with van der Waals surface area (Å²) in [6.07, 6.45) is 4.77. The molecule has 0 saturated carbocycles. The Morgan fingerprint density at radius 2 is 1.88 bits per heavy atom. The standard InChI is InChI=1S/C13H18O3S/c1-17(15,16)9-13(14)12-7-6-10-4-2-3-5-11(10)8-12/h6-8,13-14H,2-5,9H2,1H3. The van der Waals surface area contributed by atoms with Gasteiger partial charge in [0.25, 0.3) is 0 Å². The summed E-state index contributed by atoms with van der Waals surface area (Å²) in [6.45, 7) is 0. The van der Waals surface area contributed by atoms with Crippen LogP contribution in [0.15, 0.2) is 18.2 Å². The van der Waals surface area contributed by atoms with Gasteiger partial charge in [-0.05, 0) is 42.4 Å². The first kappa shape index (κ1) is 12.6. The van der Waals surface area contributed by atoms with Crippen molar-refractivity contribution >= 4 is 9.84 Å². The lowest BCUT2D eigenvalue weighted by molar-refractivity contribution is 0.201. The third kappa shape index (κ3) is 3.30. The molecule has 0 aromatic heterocycles. The molecule has 17 heavy (non-hydrogen) atoms. The number of fused-ring (bicyclic) bond motifs is 1. The molecule has 2 rings (SSSR count). The number of aliphatic hydroxyl groups is 1. The van der Waals surface area contributed by atoms with E-state index in [9.17, 15) is 13.5 Å². The maximum absolute atomic E-state index is 11.1. The van der Waals surface area contributed by atoms with Crippen LogP contribution in [-0.2, 0) is 22.7 Å². The highest BCUT2D eigenvalue weighted by molar-refractivity contribution is 7.90. The highest BCUT2D eigenvalue weighted by Crippen LogP contribution is 2.25. The average Bonchev–Trinajstić information content (AvgIpc) is 2.26. The second-order valence-corrected chi connectivity index (χ2v) is 7.03. The molecule has 1 aliphatic carbocycles. The average molecular weight is 254 g/mol. The fourth-order valence-electron chi connectivity index (χ4n) is 2.34. The molecule has 0 radical (unpaired) electrons. The van der Waals surface area contributed by atoms with Crippen LogP contribution >= 0.6 is 0 Å². The van der Waals surface area contributed by atoms with Gasteiger partial charge in [-0.15, -0.1) is 0 Å². The highest BCUT2D eigenvalue weighted by Gasteiger charge is 2.17. The topological polar surface area (TPSA) is 54.4 Å². The fourth-order valence-corrected chi connectivity index (χ4v) is 3.11. The van der Waals surface area contributed by atoms with E-state index < -0.39 is 15.9 Å². The zero-order chi connectivity index (χ0) is 12.5. The predicted octanol–water partition coefficient (Wildman–Crippen LogP) is 1.64. The summed E-state index contributed by atoms with van der Waals surface area (Å²) in [7, 11) is -3.14. The molecule has 0 saturated heterocycles. The molecule has 4 heteroatoms. The lowest BCUT2D eigenvalue weighted by Crippen LogP contribution is -2.13. The summed E-state index contributed by atoms with van der Waals surface area (Å²) in [4.78, 5) is 0. The van der Waals surface area contributed by atoms with E-state index in [0.717, 1.165) is 24.7 Å². The molecular formula is C13H18O3S. The van der Waals surface area contributed by atoms with Crippen LogP contribution in [0, 0.1) is 0 Å². The number of hydrogen-bond acceptors (Lipinski definition) is 3. The summed E-state index contributed by atoms with van der Waals surface area (Å²) < 4.78 is 22.3. The number of rotatable bonds is 3. The molecule has 0 amide bonds.